The zero-order valence-corrected chi connectivity index (χ0v) is 14.7. The van der Waals surface area contributed by atoms with E-state index in [-0.39, 0.29) is 17.2 Å². The summed E-state index contributed by atoms with van der Waals surface area (Å²) in [5, 5.41) is 14.7. The summed E-state index contributed by atoms with van der Waals surface area (Å²) in [5.41, 5.74) is 1.70. The van der Waals surface area contributed by atoms with Crippen LogP contribution in [-0.2, 0) is 0 Å². The molecular weight excluding hydrogens is 352 g/mol. The van der Waals surface area contributed by atoms with Crippen LogP contribution in [0.3, 0.4) is 0 Å². The number of nitrogens with zero attached hydrogens (tertiary/aromatic N) is 3. The van der Waals surface area contributed by atoms with Crippen LogP contribution < -0.4 is 10.2 Å². The first kappa shape index (κ1) is 16.5. The van der Waals surface area contributed by atoms with Crippen LogP contribution in [0.2, 0.25) is 0 Å². The number of carbonyl (C=O) groups is 1. The summed E-state index contributed by atoms with van der Waals surface area (Å²) in [4.78, 5) is 29.7. The molecule has 0 bridgehead atoms. The van der Waals surface area contributed by atoms with E-state index in [1.54, 1.807) is 23.5 Å². The Morgan fingerprint density at radius 3 is 2.77 bits per heavy atom. The van der Waals surface area contributed by atoms with Crippen molar-refractivity contribution in [1.29, 1.82) is 0 Å². The van der Waals surface area contributed by atoms with Gasteiger partial charge in [0.1, 0.15) is 0 Å². The molecule has 1 amide bonds. The zero-order valence-electron chi connectivity index (χ0n) is 13.8. The van der Waals surface area contributed by atoms with Crippen LogP contribution >= 0.6 is 11.3 Å². The second-order valence-electron chi connectivity index (χ2n) is 6.13. The SMILES string of the molecule is O=C(Nc1ccc2nc(N3CCCC3)sc2c1)c1cccc([N+](=O)[O-])c1. The van der Waals surface area contributed by atoms with E-state index in [9.17, 15) is 14.9 Å². The predicted octanol–water partition coefficient (Wildman–Crippen LogP) is 4.06. The molecule has 1 aliphatic heterocycles. The molecule has 7 nitrogen and oxygen atoms in total. The lowest BCUT2D eigenvalue weighted by Crippen LogP contribution is -2.16. The molecule has 0 atom stereocenters. The van der Waals surface area contributed by atoms with Crippen molar-refractivity contribution in [3.05, 3.63) is 58.1 Å². The molecule has 2 heterocycles. The average Bonchev–Trinajstić information content (AvgIpc) is 3.30. The Bertz CT molecular complexity index is 995. The largest absolute Gasteiger partial charge is 0.348 e. The molecule has 4 rings (SSSR count). The first-order chi connectivity index (χ1) is 12.6. The molecule has 2 aromatic carbocycles. The van der Waals surface area contributed by atoms with Crippen LogP contribution in [0.4, 0.5) is 16.5 Å². The molecule has 26 heavy (non-hydrogen) atoms. The summed E-state index contributed by atoms with van der Waals surface area (Å²) in [5.74, 6) is -0.377. The van der Waals surface area contributed by atoms with Crippen LogP contribution in [0.5, 0.6) is 0 Å². The third-order valence-corrected chi connectivity index (χ3v) is 5.41. The molecule has 3 aromatic rings. The molecule has 0 unspecified atom stereocenters. The number of carbonyl (C=O) groups excluding carboxylic acids is 1. The minimum atomic E-state index is -0.514. The molecule has 0 radical (unpaired) electrons. The van der Waals surface area contributed by atoms with Gasteiger partial charge in [-0.05, 0) is 37.1 Å². The number of benzene rings is 2. The molecule has 0 spiro atoms. The molecule has 1 aliphatic rings. The summed E-state index contributed by atoms with van der Waals surface area (Å²) in [6.45, 7) is 2.08. The van der Waals surface area contributed by atoms with Crippen LogP contribution in [0.15, 0.2) is 42.5 Å². The topological polar surface area (TPSA) is 88.4 Å². The van der Waals surface area contributed by atoms with Crippen molar-refractivity contribution in [1.82, 2.24) is 4.98 Å². The predicted molar refractivity (Wildman–Crippen MR) is 102 cm³/mol. The number of fused-ring (bicyclic) bond motifs is 1. The summed E-state index contributed by atoms with van der Waals surface area (Å²) >= 11 is 1.61. The van der Waals surface area contributed by atoms with Gasteiger partial charge in [-0.3, -0.25) is 14.9 Å². The molecule has 1 saturated heterocycles. The number of non-ortho nitro benzene ring substituents is 1. The van der Waals surface area contributed by atoms with Gasteiger partial charge in [0.25, 0.3) is 11.6 Å². The second kappa shape index (κ2) is 6.72. The fraction of sp³-hybridized carbons (Fsp3) is 0.222. The minimum absolute atomic E-state index is 0.106. The van der Waals surface area contributed by atoms with Gasteiger partial charge in [0.05, 0.1) is 15.1 Å². The van der Waals surface area contributed by atoms with Crippen molar-refractivity contribution >= 4 is 44.0 Å². The highest BCUT2D eigenvalue weighted by Crippen LogP contribution is 2.32. The lowest BCUT2D eigenvalue weighted by atomic mass is 10.2. The number of nitrogens with one attached hydrogen (secondary N) is 1. The number of nitro groups is 1. The maximum absolute atomic E-state index is 12.4. The Hall–Kier alpha value is -3.00. The summed E-state index contributed by atoms with van der Waals surface area (Å²) < 4.78 is 1.00. The van der Waals surface area contributed by atoms with Gasteiger partial charge >= 0.3 is 0 Å². The van der Waals surface area contributed by atoms with Gasteiger partial charge in [-0.15, -0.1) is 0 Å². The Morgan fingerprint density at radius 2 is 2.00 bits per heavy atom. The third-order valence-electron chi connectivity index (χ3n) is 4.33. The lowest BCUT2D eigenvalue weighted by Gasteiger charge is -2.11. The quantitative estimate of drug-likeness (QED) is 0.554. The van der Waals surface area contributed by atoms with Crippen LogP contribution in [0.25, 0.3) is 10.2 Å². The number of amides is 1. The Labute approximate surface area is 153 Å². The molecule has 132 valence electrons. The molecule has 1 N–H and O–H groups in total. The molecule has 8 heteroatoms. The number of aromatic nitrogens is 1. The average molecular weight is 368 g/mol. The maximum Gasteiger partial charge on any atom is 0.270 e. The number of anilines is 2. The van der Waals surface area contributed by atoms with Crippen molar-refractivity contribution in [3.63, 3.8) is 0 Å². The van der Waals surface area contributed by atoms with Crippen LogP contribution in [0.1, 0.15) is 23.2 Å². The second-order valence-corrected chi connectivity index (χ2v) is 7.14. The number of thiazole rings is 1. The van der Waals surface area contributed by atoms with Gasteiger partial charge in [0, 0.05) is 36.5 Å². The molecule has 0 saturated carbocycles. The summed E-state index contributed by atoms with van der Waals surface area (Å²) in [6.07, 6.45) is 2.39. The van der Waals surface area contributed by atoms with Crippen molar-refractivity contribution in [2.24, 2.45) is 0 Å². The first-order valence-electron chi connectivity index (χ1n) is 8.31. The first-order valence-corrected chi connectivity index (χ1v) is 9.13. The van der Waals surface area contributed by atoms with Gasteiger partial charge in [0.15, 0.2) is 5.13 Å². The van der Waals surface area contributed by atoms with E-state index in [0.717, 1.165) is 28.4 Å². The molecule has 0 aliphatic carbocycles. The van der Waals surface area contributed by atoms with Crippen molar-refractivity contribution in [2.45, 2.75) is 12.8 Å². The van der Waals surface area contributed by atoms with Crippen molar-refractivity contribution < 1.29 is 9.72 Å². The highest BCUT2D eigenvalue weighted by Gasteiger charge is 2.17. The smallest absolute Gasteiger partial charge is 0.270 e. The lowest BCUT2D eigenvalue weighted by molar-refractivity contribution is -0.384. The number of rotatable bonds is 4. The summed E-state index contributed by atoms with van der Waals surface area (Å²) in [7, 11) is 0. The molecular formula is C18H16N4O3S. The van der Waals surface area contributed by atoms with E-state index in [1.165, 1.54) is 31.0 Å². The Balaban J connectivity index is 1.55. The standard InChI is InChI=1S/C18H16N4O3S/c23-17(12-4-3-5-14(10-12)22(24)25)19-13-6-7-15-16(11-13)26-18(20-15)21-8-1-2-9-21/h3-7,10-11H,1-2,8-9H2,(H,19,23). The monoisotopic (exact) mass is 368 g/mol. The van der Waals surface area contributed by atoms with E-state index in [0.29, 0.717) is 5.69 Å². The molecule has 1 aromatic heterocycles. The van der Waals surface area contributed by atoms with E-state index in [2.05, 4.69) is 15.2 Å². The highest BCUT2D eigenvalue weighted by molar-refractivity contribution is 7.22. The van der Waals surface area contributed by atoms with E-state index in [1.807, 2.05) is 12.1 Å². The normalized spacial score (nSPS) is 13.9. The van der Waals surface area contributed by atoms with Crippen molar-refractivity contribution in [2.75, 3.05) is 23.3 Å². The number of hydrogen-bond acceptors (Lipinski definition) is 6. The number of hydrogen-bond donors (Lipinski definition) is 1. The summed E-state index contributed by atoms with van der Waals surface area (Å²) in [6, 6.07) is 11.3. The number of nitro benzene ring substituents is 1. The van der Waals surface area contributed by atoms with E-state index < -0.39 is 4.92 Å². The van der Waals surface area contributed by atoms with Gasteiger partial charge in [-0.1, -0.05) is 17.4 Å². The minimum Gasteiger partial charge on any atom is -0.348 e. The van der Waals surface area contributed by atoms with E-state index in [4.69, 9.17) is 0 Å². The molecule has 1 fully saturated rings. The maximum atomic E-state index is 12.4. The van der Waals surface area contributed by atoms with Gasteiger partial charge in [0.2, 0.25) is 0 Å². The van der Waals surface area contributed by atoms with Gasteiger partial charge in [-0.25, -0.2) is 4.98 Å². The van der Waals surface area contributed by atoms with Crippen LogP contribution in [-0.4, -0.2) is 28.9 Å². The van der Waals surface area contributed by atoms with Crippen molar-refractivity contribution in [3.8, 4) is 0 Å². The fourth-order valence-electron chi connectivity index (χ4n) is 3.00. The highest BCUT2D eigenvalue weighted by atomic mass is 32.1. The Kier molecular flexibility index (Phi) is 4.26. The zero-order chi connectivity index (χ0) is 18.1. The van der Waals surface area contributed by atoms with Gasteiger partial charge < -0.3 is 10.2 Å². The van der Waals surface area contributed by atoms with E-state index >= 15 is 0 Å². The fourth-order valence-corrected chi connectivity index (χ4v) is 4.05. The van der Waals surface area contributed by atoms with Crippen LogP contribution in [0, 0.1) is 10.1 Å². The van der Waals surface area contributed by atoms with Gasteiger partial charge in [-0.2, -0.15) is 0 Å². The third kappa shape index (κ3) is 3.23. The Morgan fingerprint density at radius 1 is 1.19 bits per heavy atom.